The smallest absolute Gasteiger partial charge is 0.404 e. The van der Waals surface area contributed by atoms with Crippen molar-refractivity contribution in [1.29, 1.82) is 0 Å². The predicted octanol–water partition coefficient (Wildman–Crippen LogP) is 5.95. The lowest BCUT2D eigenvalue weighted by atomic mass is 10.3. The molecule has 11 heteroatoms. The minimum absolute atomic E-state index is 0.217. The first-order valence-electron chi connectivity index (χ1n) is 5.26. The third kappa shape index (κ3) is 9.60. The minimum atomic E-state index is -4.14. The summed E-state index contributed by atoms with van der Waals surface area (Å²) in [5.74, 6) is 0.217. The third-order valence-electron chi connectivity index (χ3n) is 1.73. The lowest BCUT2D eigenvalue weighted by Gasteiger charge is -2.22. The Kier molecular flexibility index (Phi) is 7.74. The van der Waals surface area contributed by atoms with Crippen molar-refractivity contribution in [3.63, 3.8) is 0 Å². The van der Waals surface area contributed by atoms with Gasteiger partial charge < -0.3 is 4.52 Å². The van der Waals surface area contributed by atoms with Crippen molar-refractivity contribution < 1.29 is 18.1 Å². The molecule has 0 aliphatic carbocycles. The van der Waals surface area contributed by atoms with Crippen LogP contribution in [-0.4, -0.2) is 20.8 Å². The average molecular weight is 437 g/mol. The van der Waals surface area contributed by atoms with Gasteiger partial charge in [-0.3, -0.25) is 9.05 Å². The quantitative estimate of drug-likeness (QED) is 0.408. The van der Waals surface area contributed by atoms with Gasteiger partial charge in [0.05, 0.1) is 0 Å². The van der Waals surface area contributed by atoms with Crippen LogP contribution in [0.15, 0.2) is 30.3 Å². The fourth-order valence-corrected chi connectivity index (χ4v) is 3.05. The van der Waals surface area contributed by atoms with E-state index in [0.29, 0.717) is 0 Å². The molecule has 21 heavy (non-hydrogen) atoms. The van der Waals surface area contributed by atoms with Crippen LogP contribution >= 0.6 is 77.4 Å². The van der Waals surface area contributed by atoms with Crippen molar-refractivity contribution in [2.24, 2.45) is 0 Å². The van der Waals surface area contributed by atoms with Gasteiger partial charge in [0.2, 0.25) is 7.59 Å². The standard InChI is InChI=1S/C10H9Cl6O4P/c11-9(12,13)6-18-21(17,19-7-10(14,15)16)20-8-4-2-1-3-5-8/h1-5H,6-7H2. The first kappa shape index (κ1) is 20.0. The Labute approximate surface area is 152 Å². The number of phosphoric acid groups is 1. The maximum absolute atomic E-state index is 12.5. The van der Waals surface area contributed by atoms with E-state index < -0.39 is 28.6 Å². The van der Waals surface area contributed by atoms with Gasteiger partial charge in [-0.2, -0.15) is 0 Å². The second-order valence-corrected chi connectivity index (χ2v) is 10.3. The van der Waals surface area contributed by atoms with Gasteiger partial charge in [-0.15, -0.1) is 0 Å². The predicted molar refractivity (Wildman–Crippen MR) is 87.2 cm³/mol. The Bertz CT molecular complexity index is 465. The summed E-state index contributed by atoms with van der Waals surface area (Å²) in [5, 5.41) is 0. The van der Waals surface area contributed by atoms with Gasteiger partial charge in [0.25, 0.3) is 0 Å². The maximum Gasteiger partial charge on any atom is 0.530 e. The Morgan fingerprint density at radius 3 is 1.67 bits per heavy atom. The van der Waals surface area contributed by atoms with Gasteiger partial charge in [0, 0.05) is 0 Å². The van der Waals surface area contributed by atoms with Crippen molar-refractivity contribution in [3.8, 4) is 5.75 Å². The molecular formula is C10H9Cl6O4P. The summed E-state index contributed by atoms with van der Waals surface area (Å²) in [7, 11) is -4.14. The lowest BCUT2D eigenvalue weighted by molar-refractivity contribution is 0.159. The molecule has 1 aromatic rings. The normalized spacial score (nSPS) is 13.2. The average Bonchev–Trinajstić information content (AvgIpc) is 2.34. The Morgan fingerprint density at radius 1 is 0.857 bits per heavy atom. The highest BCUT2D eigenvalue weighted by Gasteiger charge is 2.36. The molecule has 0 bridgehead atoms. The van der Waals surface area contributed by atoms with Crippen LogP contribution in [-0.2, 0) is 13.6 Å². The molecule has 0 atom stereocenters. The fraction of sp³-hybridized carbons (Fsp3) is 0.400. The van der Waals surface area contributed by atoms with Gasteiger partial charge in [-0.05, 0) is 12.1 Å². The molecule has 1 aromatic carbocycles. The number of para-hydroxylation sites is 1. The van der Waals surface area contributed by atoms with Crippen LogP contribution < -0.4 is 4.52 Å². The van der Waals surface area contributed by atoms with Crippen LogP contribution in [0.2, 0.25) is 0 Å². The van der Waals surface area contributed by atoms with Crippen molar-refractivity contribution in [3.05, 3.63) is 30.3 Å². The maximum atomic E-state index is 12.5. The van der Waals surface area contributed by atoms with Gasteiger partial charge in [0.15, 0.2) is 0 Å². The first-order chi connectivity index (χ1) is 9.49. The third-order valence-corrected chi connectivity index (χ3v) is 3.71. The molecule has 0 aromatic heterocycles. The van der Waals surface area contributed by atoms with Crippen LogP contribution in [0, 0.1) is 0 Å². The lowest BCUT2D eigenvalue weighted by Crippen LogP contribution is -2.18. The highest BCUT2D eigenvalue weighted by atomic mass is 35.6. The summed E-state index contributed by atoms with van der Waals surface area (Å²) in [6.07, 6.45) is 0. The van der Waals surface area contributed by atoms with E-state index in [4.69, 9.17) is 83.2 Å². The second kappa shape index (κ2) is 8.14. The Hall–Kier alpha value is 0.910. The monoisotopic (exact) mass is 434 g/mol. The molecule has 0 aliphatic heterocycles. The van der Waals surface area contributed by atoms with Crippen LogP contribution in [0.5, 0.6) is 5.75 Å². The molecule has 0 saturated carbocycles. The topological polar surface area (TPSA) is 44.8 Å². The molecule has 4 nitrogen and oxygen atoms in total. The van der Waals surface area contributed by atoms with Gasteiger partial charge in [-0.25, -0.2) is 4.57 Å². The molecule has 0 radical (unpaired) electrons. The molecule has 120 valence electrons. The van der Waals surface area contributed by atoms with E-state index in [9.17, 15) is 4.57 Å². The van der Waals surface area contributed by atoms with E-state index in [1.165, 1.54) is 12.1 Å². The van der Waals surface area contributed by atoms with Crippen molar-refractivity contribution in [2.75, 3.05) is 13.2 Å². The number of hydrogen-bond donors (Lipinski definition) is 0. The molecule has 0 N–H and O–H groups in total. The highest BCUT2D eigenvalue weighted by Crippen LogP contribution is 2.52. The van der Waals surface area contributed by atoms with Crippen LogP contribution in [0.4, 0.5) is 0 Å². The molecule has 0 spiro atoms. The molecular weight excluding hydrogens is 428 g/mol. The summed E-state index contributed by atoms with van der Waals surface area (Å²) in [6.45, 7) is -1.08. The second-order valence-electron chi connectivity index (χ2n) is 3.63. The summed E-state index contributed by atoms with van der Waals surface area (Å²) in [4.78, 5) is 0. The Morgan fingerprint density at radius 2 is 1.29 bits per heavy atom. The zero-order valence-corrected chi connectivity index (χ0v) is 15.6. The van der Waals surface area contributed by atoms with Crippen LogP contribution in [0.25, 0.3) is 0 Å². The summed E-state index contributed by atoms with van der Waals surface area (Å²) in [6, 6.07) is 8.11. The van der Waals surface area contributed by atoms with Crippen LogP contribution in [0.1, 0.15) is 0 Å². The molecule has 0 unspecified atom stereocenters. The van der Waals surface area contributed by atoms with E-state index in [1.54, 1.807) is 18.2 Å². The first-order valence-corrected chi connectivity index (χ1v) is 8.99. The summed E-state index contributed by atoms with van der Waals surface area (Å²) < 4.78 is 23.9. The van der Waals surface area contributed by atoms with Crippen molar-refractivity contribution in [1.82, 2.24) is 0 Å². The molecule has 0 heterocycles. The molecule has 0 aliphatic rings. The number of rotatable bonds is 6. The summed E-state index contributed by atoms with van der Waals surface area (Å²) >= 11 is 33.2. The number of halogens is 6. The molecule has 1 rings (SSSR count). The Balaban J connectivity index is 2.80. The zero-order valence-electron chi connectivity index (χ0n) is 10.1. The largest absolute Gasteiger partial charge is 0.530 e. The van der Waals surface area contributed by atoms with Crippen molar-refractivity contribution >= 4 is 77.4 Å². The van der Waals surface area contributed by atoms with Crippen LogP contribution in [0.3, 0.4) is 0 Å². The van der Waals surface area contributed by atoms with Gasteiger partial charge >= 0.3 is 7.82 Å². The van der Waals surface area contributed by atoms with Gasteiger partial charge in [-0.1, -0.05) is 87.8 Å². The fourth-order valence-electron chi connectivity index (χ4n) is 1.00. The van der Waals surface area contributed by atoms with Crippen molar-refractivity contribution in [2.45, 2.75) is 7.59 Å². The SMILES string of the molecule is O=P(OCC(Cl)(Cl)Cl)(OCC(Cl)(Cl)Cl)Oc1ccccc1. The number of phosphoric ester groups is 1. The summed E-state index contributed by atoms with van der Waals surface area (Å²) in [5.41, 5.74) is 0. The van der Waals surface area contributed by atoms with E-state index in [0.717, 1.165) is 0 Å². The zero-order chi connectivity index (χ0) is 16.1. The van der Waals surface area contributed by atoms with Gasteiger partial charge in [0.1, 0.15) is 19.0 Å². The number of alkyl halides is 6. The molecule has 0 fully saturated rings. The number of hydrogen-bond acceptors (Lipinski definition) is 4. The number of benzene rings is 1. The van der Waals surface area contributed by atoms with E-state index >= 15 is 0 Å². The molecule has 0 amide bonds. The minimum Gasteiger partial charge on any atom is -0.404 e. The van der Waals surface area contributed by atoms with E-state index in [2.05, 4.69) is 0 Å². The molecule has 0 saturated heterocycles. The highest BCUT2D eigenvalue weighted by molar-refractivity contribution is 7.49. The van der Waals surface area contributed by atoms with E-state index in [-0.39, 0.29) is 5.75 Å². The van der Waals surface area contributed by atoms with E-state index in [1.807, 2.05) is 0 Å².